The van der Waals surface area contributed by atoms with Crippen molar-refractivity contribution in [3.8, 4) is 6.07 Å². The summed E-state index contributed by atoms with van der Waals surface area (Å²) in [4.78, 5) is 14.6. The van der Waals surface area contributed by atoms with Gasteiger partial charge in [0.05, 0.1) is 5.92 Å². The number of aliphatic carboxylic acids is 1. The fourth-order valence-electron chi connectivity index (χ4n) is 1.50. The lowest BCUT2D eigenvalue weighted by Crippen LogP contribution is -2.35. The van der Waals surface area contributed by atoms with Crippen molar-refractivity contribution in [1.82, 2.24) is 9.71 Å². The Morgan fingerprint density at radius 2 is 2.15 bits per heavy atom. The average molecular weight is 297 g/mol. The quantitative estimate of drug-likeness (QED) is 0.792. The molecule has 0 aliphatic carbocycles. The van der Waals surface area contributed by atoms with Gasteiger partial charge in [0.2, 0.25) is 10.0 Å². The van der Waals surface area contributed by atoms with E-state index in [9.17, 15) is 13.2 Å². The first-order chi connectivity index (χ1) is 9.27. The van der Waals surface area contributed by atoms with Crippen LogP contribution in [0.5, 0.6) is 0 Å². The molecule has 2 N–H and O–H groups in total. The molecule has 1 atom stereocenters. The van der Waals surface area contributed by atoms with Crippen LogP contribution in [0, 0.1) is 23.2 Å². The highest BCUT2D eigenvalue weighted by Crippen LogP contribution is 2.12. The second kappa shape index (κ2) is 6.45. The van der Waals surface area contributed by atoms with Gasteiger partial charge in [0.15, 0.2) is 0 Å². The summed E-state index contributed by atoms with van der Waals surface area (Å²) < 4.78 is 26.2. The van der Waals surface area contributed by atoms with E-state index >= 15 is 0 Å². The molecule has 0 saturated heterocycles. The summed E-state index contributed by atoms with van der Waals surface area (Å²) in [5.74, 6) is -2.06. The number of carboxylic acid groups (broad SMARTS) is 1. The summed E-state index contributed by atoms with van der Waals surface area (Å²) in [6.45, 7) is 3.21. The number of nitrogens with one attached hydrogen (secondary N) is 1. The molecule has 0 saturated carbocycles. The van der Waals surface area contributed by atoms with Crippen molar-refractivity contribution in [3.63, 3.8) is 0 Å². The Morgan fingerprint density at radius 1 is 1.50 bits per heavy atom. The Kier molecular flexibility index (Phi) is 5.19. The van der Waals surface area contributed by atoms with Crippen molar-refractivity contribution in [2.24, 2.45) is 11.8 Å². The molecular weight excluding hydrogens is 282 g/mol. The Balaban J connectivity index is 2.84. The van der Waals surface area contributed by atoms with Crippen LogP contribution in [0.1, 0.15) is 19.5 Å². The van der Waals surface area contributed by atoms with Gasteiger partial charge in [0, 0.05) is 12.7 Å². The first-order valence-electron chi connectivity index (χ1n) is 5.86. The van der Waals surface area contributed by atoms with Gasteiger partial charge >= 0.3 is 5.97 Å². The van der Waals surface area contributed by atoms with Crippen LogP contribution in [0.3, 0.4) is 0 Å². The molecular formula is C12H15N3O4S. The molecule has 0 amide bonds. The van der Waals surface area contributed by atoms with Crippen molar-refractivity contribution < 1.29 is 18.3 Å². The number of sulfonamides is 1. The predicted octanol–water partition coefficient (Wildman–Crippen LogP) is 0.588. The van der Waals surface area contributed by atoms with Crippen LogP contribution >= 0.6 is 0 Å². The van der Waals surface area contributed by atoms with Crippen molar-refractivity contribution in [2.45, 2.75) is 18.7 Å². The van der Waals surface area contributed by atoms with Gasteiger partial charge in [-0.1, -0.05) is 13.8 Å². The number of nitrogens with zero attached hydrogens (tertiary/aromatic N) is 2. The number of aromatic nitrogens is 1. The summed E-state index contributed by atoms with van der Waals surface area (Å²) in [7, 11) is -3.83. The van der Waals surface area contributed by atoms with Crippen LogP contribution in [-0.2, 0) is 14.8 Å². The van der Waals surface area contributed by atoms with E-state index in [-0.39, 0.29) is 23.1 Å². The Labute approximate surface area is 117 Å². The van der Waals surface area contributed by atoms with Crippen molar-refractivity contribution >= 4 is 16.0 Å². The van der Waals surface area contributed by atoms with E-state index in [1.54, 1.807) is 19.9 Å². The second-order valence-electron chi connectivity index (χ2n) is 4.53. The van der Waals surface area contributed by atoms with E-state index in [0.717, 1.165) is 6.20 Å². The van der Waals surface area contributed by atoms with Crippen molar-refractivity contribution in [3.05, 3.63) is 24.0 Å². The lowest BCUT2D eigenvalue weighted by Gasteiger charge is -2.16. The summed E-state index contributed by atoms with van der Waals surface area (Å²) in [5.41, 5.74) is 0.106. The van der Waals surface area contributed by atoms with Crippen LogP contribution in [0.15, 0.2) is 23.2 Å². The minimum Gasteiger partial charge on any atom is -0.481 e. The number of hydrogen-bond donors (Lipinski definition) is 2. The van der Waals surface area contributed by atoms with E-state index in [4.69, 9.17) is 10.4 Å². The molecule has 0 aliphatic rings. The average Bonchev–Trinajstić information content (AvgIpc) is 2.38. The summed E-state index contributed by atoms with van der Waals surface area (Å²) in [6.07, 6.45) is 1.06. The zero-order chi connectivity index (χ0) is 15.3. The topological polar surface area (TPSA) is 120 Å². The van der Waals surface area contributed by atoms with Crippen molar-refractivity contribution in [2.75, 3.05) is 6.54 Å². The van der Waals surface area contributed by atoms with Crippen LogP contribution in [-0.4, -0.2) is 31.0 Å². The van der Waals surface area contributed by atoms with Gasteiger partial charge in [-0.25, -0.2) is 18.1 Å². The maximum Gasteiger partial charge on any atom is 0.308 e. The molecule has 1 rings (SSSR count). The van der Waals surface area contributed by atoms with Crippen molar-refractivity contribution in [1.29, 1.82) is 5.26 Å². The van der Waals surface area contributed by atoms with E-state index in [0.29, 0.717) is 0 Å². The fourth-order valence-corrected chi connectivity index (χ4v) is 2.50. The zero-order valence-corrected chi connectivity index (χ0v) is 11.9. The lowest BCUT2D eigenvalue weighted by molar-refractivity contribution is -0.142. The maximum atomic E-state index is 12.0. The van der Waals surface area contributed by atoms with E-state index < -0.39 is 21.9 Å². The first kappa shape index (κ1) is 16.1. The summed E-state index contributed by atoms with van der Waals surface area (Å²) in [5, 5.41) is 17.6. The predicted molar refractivity (Wildman–Crippen MR) is 70.1 cm³/mol. The van der Waals surface area contributed by atoms with Gasteiger partial charge in [0.25, 0.3) is 0 Å². The molecule has 0 aromatic carbocycles. The van der Waals surface area contributed by atoms with Crippen LogP contribution in [0.25, 0.3) is 0 Å². The molecule has 1 aromatic heterocycles. The number of pyridine rings is 1. The molecule has 0 spiro atoms. The zero-order valence-electron chi connectivity index (χ0n) is 11.1. The van der Waals surface area contributed by atoms with Crippen LogP contribution < -0.4 is 4.72 Å². The van der Waals surface area contributed by atoms with Gasteiger partial charge in [-0.3, -0.25) is 4.79 Å². The third kappa shape index (κ3) is 4.01. The number of rotatable bonds is 6. The molecule has 20 heavy (non-hydrogen) atoms. The molecule has 0 fully saturated rings. The lowest BCUT2D eigenvalue weighted by atomic mass is 9.97. The van der Waals surface area contributed by atoms with Gasteiger partial charge in [-0.15, -0.1) is 0 Å². The van der Waals surface area contributed by atoms with E-state index in [1.165, 1.54) is 12.1 Å². The second-order valence-corrected chi connectivity index (χ2v) is 6.30. The van der Waals surface area contributed by atoms with Crippen LogP contribution in [0.4, 0.5) is 0 Å². The Bertz CT molecular complexity index is 617. The molecule has 1 aromatic rings. The molecule has 0 aliphatic heterocycles. The fraction of sp³-hybridized carbons (Fsp3) is 0.417. The molecule has 0 bridgehead atoms. The minimum absolute atomic E-state index is 0.106. The molecule has 1 heterocycles. The number of hydrogen-bond acceptors (Lipinski definition) is 5. The number of nitriles is 1. The van der Waals surface area contributed by atoms with Crippen LogP contribution in [0.2, 0.25) is 0 Å². The standard InChI is InChI=1S/C12H15N3O4S/c1-8(2)11(12(16)17)7-15-20(18,19)10-4-3-9(5-13)14-6-10/h3-4,6,8,11,15H,7H2,1-2H3,(H,16,17). The minimum atomic E-state index is -3.83. The highest BCUT2D eigenvalue weighted by atomic mass is 32.2. The number of carbonyl (C=O) groups is 1. The van der Waals surface area contributed by atoms with E-state index in [1.807, 2.05) is 0 Å². The highest BCUT2D eigenvalue weighted by Gasteiger charge is 2.24. The maximum absolute atomic E-state index is 12.0. The van der Waals surface area contributed by atoms with Gasteiger partial charge in [0.1, 0.15) is 16.7 Å². The molecule has 108 valence electrons. The highest BCUT2D eigenvalue weighted by molar-refractivity contribution is 7.89. The SMILES string of the molecule is CC(C)C(CNS(=O)(=O)c1ccc(C#N)nc1)C(=O)O. The van der Waals surface area contributed by atoms with Gasteiger partial charge in [-0.2, -0.15) is 5.26 Å². The first-order valence-corrected chi connectivity index (χ1v) is 7.35. The summed E-state index contributed by atoms with van der Waals surface area (Å²) in [6, 6.07) is 4.31. The molecule has 0 radical (unpaired) electrons. The molecule has 8 heteroatoms. The normalized spacial score (nSPS) is 12.9. The smallest absolute Gasteiger partial charge is 0.308 e. The third-order valence-electron chi connectivity index (χ3n) is 2.78. The van der Waals surface area contributed by atoms with Gasteiger partial charge in [-0.05, 0) is 18.1 Å². The monoisotopic (exact) mass is 297 g/mol. The summed E-state index contributed by atoms with van der Waals surface area (Å²) >= 11 is 0. The molecule has 7 nitrogen and oxygen atoms in total. The van der Waals surface area contributed by atoms with Gasteiger partial charge < -0.3 is 5.11 Å². The Morgan fingerprint density at radius 3 is 2.55 bits per heavy atom. The molecule has 1 unspecified atom stereocenters. The number of carboxylic acids is 1. The third-order valence-corrected chi connectivity index (χ3v) is 4.19. The Hall–Kier alpha value is -1.98. The van der Waals surface area contributed by atoms with E-state index in [2.05, 4.69) is 9.71 Å². The largest absolute Gasteiger partial charge is 0.481 e.